The zero-order chi connectivity index (χ0) is 15.0. The molecule has 1 saturated carbocycles. The summed E-state index contributed by atoms with van der Waals surface area (Å²) in [4.78, 5) is 7.77. The van der Waals surface area contributed by atoms with Crippen LogP contribution in [0.1, 0.15) is 52.3 Å². The maximum absolute atomic E-state index is 4.45. The van der Waals surface area contributed by atoms with Crippen LogP contribution < -0.4 is 5.32 Å². The van der Waals surface area contributed by atoms with Crippen LogP contribution in [0.25, 0.3) is 11.0 Å². The van der Waals surface area contributed by atoms with E-state index in [1.165, 1.54) is 31.4 Å². The van der Waals surface area contributed by atoms with Crippen molar-refractivity contribution in [2.75, 3.05) is 5.32 Å². The average Bonchev–Trinajstić information content (AvgIpc) is 2.78. The van der Waals surface area contributed by atoms with Crippen molar-refractivity contribution in [1.29, 1.82) is 0 Å². The van der Waals surface area contributed by atoms with E-state index < -0.39 is 0 Å². The van der Waals surface area contributed by atoms with Gasteiger partial charge in [-0.3, -0.25) is 0 Å². The van der Waals surface area contributed by atoms with E-state index in [0.717, 1.165) is 22.8 Å². The number of aromatic amines is 1. The fourth-order valence-electron chi connectivity index (χ4n) is 3.57. The normalized spacial score (nSPS) is 23.4. The highest BCUT2D eigenvalue weighted by molar-refractivity contribution is 5.79. The summed E-state index contributed by atoms with van der Waals surface area (Å²) in [6.45, 7) is 9.13. The molecule has 3 nitrogen and oxygen atoms in total. The molecule has 1 aromatic heterocycles. The standard InChI is InChI=1S/C18H27N3/c1-12-19-16-10-9-15(11-17(16)20-12)21-14-7-5-13(6-8-14)18(2,3)4/h9-11,13-14,21H,5-8H2,1-4H3,(H,19,20). The number of imidazole rings is 1. The van der Waals surface area contributed by atoms with Crippen LogP contribution >= 0.6 is 0 Å². The molecule has 21 heavy (non-hydrogen) atoms. The van der Waals surface area contributed by atoms with E-state index in [0.29, 0.717) is 11.5 Å². The van der Waals surface area contributed by atoms with Crippen LogP contribution in [0.4, 0.5) is 5.69 Å². The third-order valence-corrected chi connectivity index (χ3v) is 4.92. The van der Waals surface area contributed by atoms with Crippen molar-refractivity contribution in [2.45, 2.75) is 59.4 Å². The smallest absolute Gasteiger partial charge is 0.104 e. The van der Waals surface area contributed by atoms with E-state index >= 15 is 0 Å². The fourth-order valence-corrected chi connectivity index (χ4v) is 3.57. The third-order valence-electron chi connectivity index (χ3n) is 4.92. The first-order valence-electron chi connectivity index (χ1n) is 8.15. The fraction of sp³-hybridized carbons (Fsp3) is 0.611. The number of rotatable bonds is 2. The predicted molar refractivity (Wildman–Crippen MR) is 89.7 cm³/mol. The highest BCUT2D eigenvalue weighted by atomic mass is 14.9. The van der Waals surface area contributed by atoms with Crippen LogP contribution in [0, 0.1) is 18.3 Å². The molecule has 1 fully saturated rings. The predicted octanol–water partition coefficient (Wildman–Crippen LogP) is 4.89. The molecule has 0 radical (unpaired) electrons. The summed E-state index contributed by atoms with van der Waals surface area (Å²) in [6.07, 6.45) is 5.24. The number of aryl methyl sites for hydroxylation is 1. The minimum absolute atomic E-state index is 0.456. The van der Waals surface area contributed by atoms with E-state index in [2.05, 4.69) is 54.3 Å². The molecule has 1 aromatic carbocycles. The first kappa shape index (κ1) is 14.4. The van der Waals surface area contributed by atoms with Gasteiger partial charge in [0.2, 0.25) is 0 Å². The number of benzene rings is 1. The van der Waals surface area contributed by atoms with Crippen LogP contribution in [0.3, 0.4) is 0 Å². The molecule has 0 atom stereocenters. The lowest BCUT2D eigenvalue weighted by molar-refractivity contribution is 0.173. The Bertz CT molecular complexity index is 613. The van der Waals surface area contributed by atoms with Crippen LogP contribution in [-0.2, 0) is 0 Å². The Morgan fingerprint density at radius 2 is 1.86 bits per heavy atom. The Labute approximate surface area is 127 Å². The number of nitrogens with one attached hydrogen (secondary N) is 2. The first-order valence-corrected chi connectivity index (χ1v) is 8.15. The molecular formula is C18H27N3. The quantitative estimate of drug-likeness (QED) is 0.825. The largest absolute Gasteiger partial charge is 0.382 e. The van der Waals surface area contributed by atoms with Crippen LogP contribution in [-0.4, -0.2) is 16.0 Å². The van der Waals surface area contributed by atoms with Crippen LogP contribution in [0.15, 0.2) is 18.2 Å². The van der Waals surface area contributed by atoms with Gasteiger partial charge in [-0.1, -0.05) is 20.8 Å². The second-order valence-corrected chi connectivity index (χ2v) is 7.61. The van der Waals surface area contributed by atoms with Gasteiger partial charge in [-0.15, -0.1) is 0 Å². The van der Waals surface area contributed by atoms with E-state index in [1.54, 1.807) is 0 Å². The van der Waals surface area contributed by atoms with Crippen molar-refractivity contribution in [2.24, 2.45) is 11.3 Å². The number of fused-ring (bicyclic) bond motifs is 1. The van der Waals surface area contributed by atoms with Crippen molar-refractivity contribution < 1.29 is 0 Å². The molecule has 0 amide bonds. The molecule has 3 heteroatoms. The Kier molecular flexibility index (Phi) is 3.68. The van der Waals surface area contributed by atoms with Gasteiger partial charge in [-0.2, -0.15) is 0 Å². The molecule has 0 aliphatic heterocycles. The second kappa shape index (κ2) is 5.36. The molecule has 0 saturated heterocycles. The zero-order valence-corrected chi connectivity index (χ0v) is 13.7. The Hall–Kier alpha value is -1.51. The van der Waals surface area contributed by atoms with Gasteiger partial charge in [0, 0.05) is 11.7 Å². The van der Waals surface area contributed by atoms with Gasteiger partial charge in [0.15, 0.2) is 0 Å². The second-order valence-electron chi connectivity index (χ2n) is 7.61. The Morgan fingerprint density at radius 1 is 1.14 bits per heavy atom. The highest BCUT2D eigenvalue weighted by Gasteiger charge is 2.29. The van der Waals surface area contributed by atoms with Crippen LogP contribution in [0.5, 0.6) is 0 Å². The van der Waals surface area contributed by atoms with Crippen molar-refractivity contribution in [3.8, 4) is 0 Å². The molecule has 0 unspecified atom stereocenters. The summed E-state index contributed by atoms with van der Waals surface area (Å²) in [6, 6.07) is 7.05. The Morgan fingerprint density at radius 3 is 2.52 bits per heavy atom. The number of nitrogens with zero attached hydrogens (tertiary/aromatic N) is 1. The molecule has 1 heterocycles. The topological polar surface area (TPSA) is 40.7 Å². The summed E-state index contributed by atoms with van der Waals surface area (Å²) in [5.74, 6) is 1.85. The summed E-state index contributed by atoms with van der Waals surface area (Å²) in [5, 5.41) is 3.71. The molecule has 1 aliphatic carbocycles. The van der Waals surface area contributed by atoms with Gasteiger partial charge in [0.25, 0.3) is 0 Å². The molecule has 3 rings (SSSR count). The summed E-state index contributed by atoms with van der Waals surface area (Å²) >= 11 is 0. The lowest BCUT2D eigenvalue weighted by Crippen LogP contribution is -2.31. The minimum Gasteiger partial charge on any atom is -0.382 e. The number of hydrogen-bond donors (Lipinski definition) is 2. The molecule has 0 bridgehead atoms. The maximum Gasteiger partial charge on any atom is 0.104 e. The number of aromatic nitrogens is 2. The molecule has 0 spiro atoms. The van der Waals surface area contributed by atoms with Crippen molar-refractivity contribution in [3.05, 3.63) is 24.0 Å². The van der Waals surface area contributed by atoms with Gasteiger partial charge in [-0.05, 0) is 62.1 Å². The maximum atomic E-state index is 4.45. The summed E-state index contributed by atoms with van der Waals surface area (Å²) < 4.78 is 0. The SMILES string of the molecule is Cc1nc2ccc(NC3CCC(C(C)(C)C)CC3)cc2[nH]1. The van der Waals surface area contributed by atoms with Gasteiger partial charge in [0.05, 0.1) is 11.0 Å². The molecule has 1 aliphatic rings. The van der Waals surface area contributed by atoms with Crippen molar-refractivity contribution >= 4 is 16.7 Å². The van der Waals surface area contributed by atoms with E-state index in [9.17, 15) is 0 Å². The first-order chi connectivity index (χ1) is 9.91. The van der Waals surface area contributed by atoms with Gasteiger partial charge in [-0.25, -0.2) is 4.98 Å². The van der Waals surface area contributed by atoms with Crippen molar-refractivity contribution in [3.63, 3.8) is 0 Å². The monoisotopic (exact) mass is 285 g/mol. The van der Waals surface area contributed by atoms with Gasteiger partial charge < -0.3 is 10.3 Å². The van der Waals surface area contributed by atoms with E-state index in [4.69, 9.17) is 0 Å². The average molecular weight is 285 g/mol. The van der Waals surface area contributed by atoms with E-state index in [-0.39, 0.29) is 0 Å². The zero-order valence-electron chi connectivity index (χ0n) is 13.7. The summed E-state index contributed by atoms with van der Waals surface area (Å²) in [7, 11) is 0. The molecular weight excluding hydrogens is 258 g/mol. The number of hydrogen-bond acceptors (Lipinski definition) is 2. The Balaban J connectivity index is 1.64. The van der Waals surface area contributed by atoms with Crippen molar-refractivity contribution in [1.82, 2.24) is 9.97 Å². The van der Waals surface area contributed by atoms with E-state index in [1.807, 2.05) is 6.92 Å². The lowest BCUT2D eigenvalue weighted by Gasteiger charge is -2.37. The minimum atomic E-state index is 0.456. The number of H-pyrrole nitrogens is 1. The molecule has 114 valence electrons. The number of anilines is 1. The third kappa shape index (κ3) is 3.22. The summed E-state index contributed by atoms with van der Waals surface area (Å²) in [5.41, 5.74) is 3.85. The highest BCUT2D eigenvalue weighted by Crippen LogP contribution is 2.38. The van der Waals surface area contributed by atoms with Gasteiger partial charge >= 0.3 is 0 Å². The molecule has 2 N–H and O–H groups in total. The van der Waals surface area contributed by atoms with Gasteiger partial charge in [0.1, 0.15) is 5.82 Å². The van der Waals surface area contributed by atoms with Crippen LogP contribution in [0.2, 0.25) is 0 Å². The molecule has 2 aromatic rings. The lowest BCUT2D eigenvalue weighted by atomic mass is 9.71.